The minimum Gasteiger partial charge on any atom is -0.508 e. The molecule has 0 aliphatic heterocycles. The zero-order valence-electron chi connectivity index (χ0n) is 19.3. The van der Waals surface area contributed by atoms with E-state index in [-0.39, 0.29) is 36.9 Å². The van der Waals surface area contributed by atoms with Gasteiger partial charge in [-0.25, -0.2) is 23.1 Å². The summed E-state index contributed by atoms with van der Waals surface area (Å²) in [5, 5.41) is 16.3. The predicted molar refractivity (Wildman–Crippen MR) is 139 cm³/mol. The number of phenols is 1. The summed E-state index contributed by atoms with van der Waals surface area (Å²) in [7, 11) is -3.79. The van der Waals surface area contributed by atoms with Crippen molar-refractivity contribution >= 4 is 38.3 Å². The van der Waals surface area contributed by atoms with Gasteiger partial charge >= 0.3 is 0 Å². The lowest BCUT2D eigenvalue weighted by Crippen LogP contribution is -2.32. The van der Waals surface area contributed by atoms with Gasteiger partial charge in [0.05, 0.1) is 24.2 Å². The average molecular weight is 505 g/mol. The van der Waals surface area contributed by atoms with E-state index in [4.69, 9.17) is 5.73 Å². The SMILES string of the molecule is C=CC(=O)Cc1cc(O)cc(-c2nn(CCN(c3ccccc3)S(=O)(=O)C=C)c3ncnc(N)c23)c1. The van der Waals surface area contributed by atoms with Crippen LogP contribution in [0, 0.1) is 0 Å². The number of carbonyl (C=O) groups excluding carboxylic acids is 1. The summed E-state index contributed by atoms with van der Waals surface area (Å²) < 4.78 is 28.2. The molecule has 2 heterocycles. The number of anilines is 2. The molecule has 0 spiro atoms. The Balaban J connectivity index is 1.77. The van der Waals surface area contributed by atoms with E-state index in [1.165, 1.54) is 33.5 Å². The second kappa shape index (κ2) is 10.0. The molecule has 10 nitrogen and oxygen atoms in total. The van der Waals surface area contributed by atoms with Crippen LogP contribution in [0.15, 0.2) is 79.5 Å². The van der Waals surface area contributed by atoms with Crippen molar-refractivity contribution < 1.29 is 18.3 Å². The molecule has 0 saturated carbocycles. The van der Waals surface area contributed by atoms with Crippen LogP contribution < -0.4 is 10.0 Å². The number of ketones is 1. The molecule has 2 aromatic carbocycles. The first-order chi connectivity index (χ1) is 17.2. The normalized spacial score (nSPS) is 11.3. The van der Waals surface area contributed by atoms with E-state index >= 15 is 0 Å². The van der Waals surface area contributed by atoms with Gasteiger partial charge in [0.1, 0.15) is 23.6 Å². The second-order valence-electron chi connectivity index (χ2n) is 7.88. The summed E-state index contributed by atoms with van der Waals surface area (Å²) in [6, 6.07) is 13.4. The molecule has 2 aromatic heterocycles. The largest absolute Gasteiger partial charge is 0.508 e. The van der Waals surface area contributed by atoms with Crippen LogP contribution in [-0.4, -0.2) is 45.6 Å². The van der Waals surface area contributed by atoms with Crippen molar-refractivity contribution in [1.29, 1.82) is 0 Å². The summed E-state index contributed by atoms with van der Waals surface area (Å²) in [6.07, 6.45) is 2.57. The number of nitrogens with two attached hydrogens (primary N) is 1. The highest BCUT2D eigenvalue weighted by atomic mass is 32.2. The fraction of sp³-hybridized carbons (Fsp3) is 0.120. The van der Waals surface area contributed by atoms with Crippen molar-refractivity contribution in [3.8, 4) is 17.0 Å². The molecule has 0 fully saturated rings. The molecule has 0 amide bonds. The molecule has 4 rings (SSSR count). The first kappa shape index (κ1) is 24.6. The van der Waals surface area contributed by atoms with Crippen LogP contribution in [-0.2, 0) is 27.8 Å². The summed E-state index contributed by atoms with van der Waals surface area (Å²) in [5.74, 6) is -0.0778. The minimum atomic E-state index is -3.79. The van der Waals surface area contributed by atoms with Crippen molar-refractivity contribution in [2.45, 2.75) is 13.0 Å². The maximum Gasteiger partial charge on any atom is 0.256 e. The van der Waals surface area contributed by atoms with Gasteiger partial charge in [0, 0.05) is 17.4 Å². The first-order valence-electron chi connectivity index (χ1n) is 10.9. The third-order valence-electron chi connectivity index (χ3n) is 5.49. The highest BCUT2D eigenvalue weighted by molar-refractivity contribution is 7.95. The van der Waals surface area contributed by atoms with Crippen LogP contribution in [0.25, 0.3) is 22.3 Å². The zero-order valence-corrected chi connectivity index (χ0v) is 20.1. The van der Waals surface area contributed by atoms with E-state index in [9.17, 15) is 18.3 Å². The summed E-state index contributed by atoms with van der Waals surface area (Å²) in [6.45, 7) is 7.09. The maximum atomic E-state index is 12.7. The fourth-order valence-corrected chi connectivity index (χ4v) is 4.78. The van der Waals surface area contributed by atoms with Gasteiger partial charge in [-0.2, -0.15) is 5.10 Å². The van der Waals surface area contributed by atoms with Crippen molar-refractivity contribution in [3.63, 3.8) is 0 Å². The molecule has 0 saturated heterocycles. The quantitative estimate of drug-likeness (QED) is 0.314. The number of fused-ring (bicyclic) bond motifs is 1. The molecule has 0 bridgehead atoms. The summed E-state index contributed by atoms with van der Waals surface area (Å²) in [5.41, 5.74) is 8.51. The fourth-order valence-electron chi connectivity index (χ4n) is 3.85. The number of rotatable bonds is 10. The van der Waals surface area contributed by atoms with E-state index in [1.54, 1.807) is 36.4 Å². The number of phenolic OH excluding ortho intramolecular Hbond substituents is 1. The van der Waals surface area contributed by atoms with E-state index in [1.807, 2.05) is 0 Å². The summed E-state index contributed by atoms with van der Waals surface area (Å²) in [4.78, 5) is 20.3. The van der Waals surface area contributed by atoms with Crippen molar-refractivity contribution in [1.82, 2.24) is 19.7 Å². The van der Waals surface area contributed by atoms with E-state index < -0.39 is 10.0 Å². The molecule has 36 heavy (non-hydrogen) atoms. The first-order valence-corrected chi connectivity index (χ1v) is 12.4. The number of nitrogens with zero attached hydrogens (tertiary/aromatic N) is 5. The number of hydrogen-bond donors (Lipinski definition) is 2. The Morgan fingerprint density at radius 3 is 2.58 bits per heavy atom. The number of para-hydroxylation sites is 1. The standard InChI is InChI=1S/C25H24N6O4S/c1-3-20(32)13-17-12-18(15-21(33)14-17)23-22-24(26)27-16-28-25(22)30(29-23)10-11-31(36(34,35)4-2)19-8-6-5-7-9-19/h3-9,12,14-16,33H,1-2,10-11,13H2,(H2,26,27,28). The number of sulfonamides is 1. The lowest BCUT2D eigenvalue weighted by molar-refractivity contribution is -0.114. The van der Waals surface area contributed by atoms with E-state index in [0.29, 0.717) is 33.5 Å². The number of allylic oxidation sites excluding steroid dienone is 1. The molecule has 0 aliphatic rings. The number of hydrogen-bond acceptors (Lipinski definition) is 8. The topological polar surface area (TPSA) is 144 Å². The van der Waals surface area contributed by atoms with Crippen molar-refractivity contribution in [2.75, 3.05) is 16.6 Å². The van der Waals surface area contributed by atoms with Gasteiger partial charge in [0.25, 0.3) is 10.0 Å². The van der Waals surface area contributed by atoms with E-state index in [2.05, 4.69) is 28.2 Å². The molecule has 0 atom stereocenters. The van der Waals surface area contributed by atoms with Crippen LogP contribution in [0.5, 0.6) is 5.75 Å². The Morgan fingerprint density at radius 2 is 1.89 bits per heavy atom. The Hall–Kier alpha value is -4.51. The number of aromatic hydroxyl groups is 1. The van der Waals surface area contributed by atoms with Crippen molar-refractivity contribution in [2.24, 2.45) is 0 Å². The number of carbonyl (C=O) groups is 1. The molecule has 0 unspecified atom stereocenters. The van der Waals surface area contributed by atoms with Crippen LogP contribution in [0.3, 0.4) is 0 Å². The molecule has 3 N–H and O–H groups in total. The lowest BCUT2D eigenvalue weighted by Gasteiger charge is -2.22. The minimum absolute atomic E-state index is 0.0393. The predicted octanol–water partition coefficient (Wildman–Crippen LogP) is 3.06. The van der Waals surface area contributed by atoms with Gasteiger partial charge in [0.2, 0.25) is 0 Å². The zero-order chi connectivity index (χ0) is 25.9. The number of nitrogen functional groups attached to an aromatic ring is 1. The molecule has 0 radical (unpaired) electrons. The van der Waals surface area contributed by atoms with Gasteiger partial charge in [-0.3, -0.25) is 9.10 Å². The number of benzene rings is 2. The molecular formula is C25H24N6O4S. The Kier molecular flexibility index (Phi) is 6.84. The highest BCUT2D eigenvalue weighted by Gasteiger charge is 2.22. The monoisotopic (exact) mass is 504 g/mol. The van der Waals surface area contributed by atoms with E-state index in [0.717, 1.165) is 5.41 Å². The van der Waals surface area contributed by atoms with Gasteiger partial charge < -0.3 is 10.8 Å². The van der Waals surface area contributed by atoms with Crippen LogP contribution in [0.1, 0.15) is 5.56 Å². The summed E-state index contributed by atoms with van der Waals surface area (Å²) >= 11 is 0. The number of aromatic nitrogens is 4. The Bertz CT molecular complexity index is 1560. The molecule has 11 heteroatoms. The van der Waals surface area contributed by atoms with Crippen LogP contribution in [0.4, 0.5) is 11.5 Å². The maximum absolute atomic E-state index is 12.7. The average Bonchev–Trinajstić information content (AvgIpc) is 3.24. The Morgan fingerprint density at radius 1 is 1.14 bits per heavy atom. The van der Waals surface area contributed by atoms with Gasteiger partial charge in [-0.15, -0.1) is 0 Å². The third kappa shape index (κ3) is 4.96. The van der Waals surface area contributed by atoms with Gasteiger partial charge in [-0.05, 0) is 42.0 Å². The van der Waals surface area contributed by atoms with Gasteiger partial charge in [0.15, 0.2) is 11.4 Å². The van der Waals surface area contributed by atoms with Crippen LogP contribution >= 0.6 is 0 Å². The molecule has 184 valence electrons. The Labute approximate surface area is 208 Å². The molecule has 4 aromatic rings. The highest BCUT2D eigenvalue weighted by Crippen LogP contribution is 2.33. The van der Waals surface area contributed by atoms with Gasteiger partial charge in [-0.1, -0.05) is 31.4 Å². The molecular weight excluding hydrogens is 480 g/mol. The van der Waals surface area contributed by atoms with Crippen LogP contribution in [0.2, 0.25) is 0 Å². The van der Waals surface area contributed by atoms with Crippen molar-refractivity contribution in [3.05, 3.63) is 85.1 Å². The lowest BCUT2D eigenvalue weighted by atomic mass is 10.0. The third-order valence-corrected chi connectivity index (χ3v) is 6.92. The molecule has 0 aliphatic carbocycles. The smallest absolute Gasteiger partial charge is 0.256 e. The second-order valence-corrected chi connectivity index (χ2v) is 9.69.